The van der Waals surface area contributed by atoms with Gasteiger partial charge in [-0.1, -0.05) is 6.92 Å². The van der Waals surface area contributed by atoms with E-state index in [2.05, 4.69) is 27.1 Å². The molecule has 1 aromatic heterocycles. The van der Waals surface area contributed by atoms with Crippen molar-refractivity contribution in [2.75, 3.05) is 37.2 Å². The quantitative estimate of drug-likeness (QED) is 0.736. The Morgan fingerprint density at radius 2 is 2.11 bits per heavy atom. The third-order valence-corrected chi connectivity index (χ3v) is 3.42. The maximum absolute atomic E-state index is 5.79. The molecule has 1 saturated heterocycles. The predicted octanol–water partition coefficient (Wildman–Crippen LogP) is 1.91. The van der Waals surface area contributed by atoms with Gasteiger partial charge in [-0.3, -0.25) is 0 Å². The molecule has 3 N–H and O–H groups in total. The van der Waals surface area contributed by atoms with Crippen LogP contribution in [0.25, 0.3) is 0 Å². The van der Waals surface area contributed by atoms with Crippen molar-refractivity contribution in [3.05, 3.63) is 11.9 Å². The Bertz CT molecular complexity index is 387. The zero-order valence-electron chi connectivity index (χ0n) is 11.9. The van der Waals surface area contributed by atoms with E-state index in [4.69, 9.17) is 5.73 Å². The van der Waals surface area contributed by atoms with Crippen molar-refractivity contribution in [1.82, 2.24) is 14.9 Å². The third kappa shape index (κ3) is 4.67. The predicted molar refractivity (Wildman–Crippen MR) is 79.2 cm³/mol. The van der Waals surface area contributed by atoms with Crippen LogP contribution in [0.1, 0.15) is 38.4 Å². The average Bonchev–Trinajstić information content (AvgIpc) is 2.87. The lowest BCUT2D eigenvalue weighted by Gasteiger charge is -2.14. The molecule has 0 aromatic carbocycles. The maximum atomic E-state index is 5.79. The van der Waals surface area contributed by atoms with Gasteiger partial charge in [0.1, 0.15) is 17.5 Å². The second-order valence-corrected chi connectivity index (χ2v) is 5.17. The number of aromatic nitrogens is 2. The number of rotatable bonds is 7. The van der Waals surface area contributed by atoms with Gasteiger partial charge in [0.15, 0.2) is 0 Å². The van der Waals surface area contributed by atoms with Crippen molar-refractivity contribution in [3.8, 4) is 0 Å². The Balaban J connectivity index is 1.75. The first-order valence-electron chi connectivity index (χ1n) is 7.37. The molecule has 1 fully saturated rings. The molecular formula is C14H25N5. The van der Waals surface area contributed by atoms with Crippen molar-refractivity contribution in [3.63, 3.8) is 0 Å². The highest BCUT2D eigenvalue weighted by molar-refractivity contribution is 5.44. The lowest BCUT2D eigenvalue weighted by molar-refractivity contribution is 0.337. The van der Waals surface area contributed by atoms with Crippen LogP contribution in [0.3, 0.4) is 0 Å². The second-order valence-electron chi connectivity index (χ2n) is 5.17. The SMILES string of the molecule is CCCc1nc(N)cc(NCCCN2CCCC2)n1. The molecule has 0 unspecified atom stereocenters. The van der Waals surface area contributed by atoms with Gasteiger partial charge in [0, 0.05) is 19.0 Å². The van der Waals surface area contributed by atoms with E-state index in [1.807, 2.05) is 6.07 Å². The van der Waals surface area contributed by atoms with Gasteiger partial charge >= 0.3 is 0 Å². The molecule has 0 spiro atoms. The number of nitrogens with one attached hydrogen (secondary N) is 1. The van der Waals surface area contributed by atoms with Crippen molar-refractivity contribution in [2.45, 2.75) is 39.0 Å². The van der Waals surface area contributed by atoms with E-state index in [-0.39, 0.29) is 0 Å². The van der Waals surface area contributed by atoms with Crippen LogP contribution in [0.4, 0.5) is 11.6 Å². The molecule has 1 aromatic rings. The molecule has 0 bridgehead atoms. The largest absolute Gasteiger partial charge is 0.384 e. The monoisotopic (exact) mass is 263 g/mol. The molecule has 1 aliphatic heterocycles. The Hall–Kier alpha value is -1.36. The van der Waals surface area contributed by atoms with Crippen LogP contribution < -0.4 is 11.1 Å². The lowest BCUT2D eigenvalue weighted by atomic mass is 10.3. The normalized spacial score (nSPS) is 15.8. The van der Waals surface area contributed by atoms with Crippen molar-refractivity contribution < 1.29 is 0 Å². The maximum Gasteiger partial charge on any atom is 0.133 e. The fourth-order valence-corrected chi connectivity index (χ4v) is 2.47. The van der Waals surface area contributed by atoms with Gasteiger partial charge in [0.25, 0.3) is 0 Å². The molecule has 0 atom stereocenters. The summed E-state index contributed by atoms with van der Waals surface area (Å²) in [6, 6.07) is 1.81. The Labute approximate surface area is 115 Å². The summed E-state index contributed by atoms with van der Waals surface area (Å²) in [5.74, 6) is 2.25. The summed E-state index contributed by atoms with van der Waals surface area (Å²) in [7, 11) is 0. The molecule has 0 saturated carbocycles. The topological polar surface area (TPSA) is 67.1 Å². The van der Waals surface area contributed by atoms with Crippen LogP contribution in [0.15, 0.2) is 6.07 Å². The molecule has 106 valence electrons. The summed E-state index contributed by atoms with van der Waals surface area (Å²) in [5, 5.41) is 3.35. The Kier molecular flexibility index (Phi) is 5.39. The van der Waals surface area contributed by atoms with Crippen LogP contribution in [0.5, 0.6) is 0 Å². The highest BCUT2D eigenvalue weighted by atomic mass is 15.1. The number of hydrogen-bond donors (Lipinski definition) is 2. The van der Waals surface area contributed by atoms with Crippen LogP contribution in [0, 0.1) is 0 Å². The summed E-state index contributed by atoms with van der Waals surface area (Å²) in [6.07, 6.45) is 5.78. The second kappa shape index (κ2) is 7.28. The minimum atomic E-state index is 0.556. The zero-order valence-corrected chi connectivity index (χ0v) is 11.9. The van der Waals surface area contributed by atoms with Crippen LogP contribution in [-0.4, -0.2) is 41.0 Å². The smallest absolute Gasteiger partial charge is 0.133 e. The number of nitrogen functional groups attached to an aromatic ring is 1. The minimum absolute atomic E-state index is 0.556. The van der Waals surface area contributed by atoms with E-state index in [1.165, 1.54) is 32.5 Å². The first kappa shape index (κ1) is 14.1. The third-order valence-electron chi connectivity index (χ3n) is 3.42. The lowest BCUT2D eigenvalue weighted by Crippen LogP contribution is -2.22. The number of hydrogen-bond acceptors (Lipinski definition) is 5. The minimum Gasteiger partial charge on any atom is -0.384 e. The van der Waals surface area contributed by atoms with Crippen molar-refractivity contribution in [2.24, 2.45) is 0 Å². The van der Waals surface area contributed by atoms with Crippen LogP contribution in [0.2, 0.25) is 0 Å². The van der Waals surface area contributed by atoms with E-state index in [1.54, 1.807) is 0 Å². The van der Waals surface area contributed by atoms with E-state index < -0.39 is 0 Å². The van der Waals surface area contributed by atoms with Gasteiger partial charge in [0.05, 0.1) is 0 Å². The van der Waals surface area contributed by atoms with Gasteiger partial charge < -0.3 is 16.0 Å². The highest BCUT2D eigenvalue weighted by Gasteiger charge is 2.10. The van der Waals surface area contributed by atoms with Crippen molar-refractivity contribution in [1.29, 1.82) is 0 Å². The molecule has 0 aliphatic carbocycles. The highest BCUT2D eigenvalue weighted by Crippen LogP contribution is 2.10. The fraction of sp³-hybridized carbons (Fsp3) is 0.714. The Morgan fingerprint density at radius 3 is 2.84 bits per heavy atom. The van der Waals surface area contributed by atoms with E-state index in [0.29, 0.717) is 5.82 Å². The fourth-order valence-electron chi connectivity index (χ4n) is 2.47. The number of aryl methyl sites for hydroxylation is 1. The molecule has 19 heavy (non-hydrogen) atoms. The molecule has 5 heteroatoms. The summed E-state index contributed by atoms with van der Waals surface area (Å²) in [6.45, 7) is 6.77. The summed E-state index contributed by atoms with van der Waals surface area (Å²) >= 11 is 0. The number of nitrogens with zero attached hydrogens (tertiary/aromatic N) is 3. The van der Waals surface area contributed by atoms with Gasteiger partial charge in [-0.15, -0.1) is 0 Å². The average molecular weight is 263 g/mol. The summed E-state index contributed by atoms with van der Waals surface area (Å²) in [4.78, 5) is 11.2. The molecule has 0 amide bonds. The molecular weight excluding hydrogens is 238 g/mol. The van der Waals surface area contributed by atoms with E-state index in [9.17, 15) is 0 Å². The van der Waals surface area contributed by atoms with Crippen molar-refractivity contribution >= 4 is 11.6 Å². The number of likely N-dealkylation sites (tertiary alicyclic amines) is 1. The van der Waals surface area contributed by atoms with Gasteiger partial charge in [0.2, 0.25) is 0 Å². The summed E-state index contributed by atoms with van der Waals surface area (Å²) in [5.41, 5.74) is 5.79. The molecule has 2 rings (SSSR count). The first-order valence-corrected chi connectivity index (χ1v) is 7.37. The van der Waals surface area contributed by atoms with Crippen LogP contribution in [-0.2, 0) is 6.42 Å². The van der Waals surface area contributed by atoms with E-state index >= 15 is 0 Å². The molecule has 1 aliphatic rings. The zero-order chi connectivity index (χ0) is 13.5. The van der Waals surface area contributed by atoms with Crippen LogP contribution >= 0.6 is 0 Å². The first-order chi connectivity index (χ1) is 9.28. The van der Waals surface area contributed by atoms with E-state index in [0.717, 1.165) is 37.4 Å². The Morgan fingerprint density at radius 1 is 1.32 bits per heavy atom. The van der Waals surface area contributed by atoms with Gasteiger partial charge in [-0.05, 0) is 45.3 Å². The number of anilines is 2. The van der Waals surface area contributed by atoms with Gasteiger partial charge in [-0.25, -0.2) is 9.97 Å². The molecule has 5 nitrogen and oxygen atoms in total. The molecule has 0 radical (unpaired) electrons. The number of nitrogens with two attached hydrogens (primary N) is 1. The summed E-state index contributed by atoms with van der Waals surface area (Å²) < 4.78 is 0. The standard InChI is InChI=1S/C14H25N5/c1-2-6-13-17-12(15)11-14(18-13)16-7-5-10-19-8-3-4-9-19/h11H,2-10H2,1H3,(H3,15,16,17,18). The molecule has 2 heterocycles. The van der Waals surface area contributed by atoms with Gasteiger partial charge in [-0.2, -0.15) is 0 Å².